The van der Waals surface area contributed by atoms with Gasteiger partial charge in [0.1, 0.15) is 5.75 Å². The Morgan fingerprint density at radius 1 is 1.21 bits per heavy atom. The molecule has 2 aromatic carbocycles. The number of anilines is 1. The molecule has 1 aliphatic rings. The average molecular weight is 390 g/mol. The predicted molar refractivity (Wildman–Crippen MR) is 114 cm³/mol. The van der Waals surface area contributed by atoms with Gasteiger partial charge < -0.3 is 15.4 Å². The molecule has 1 aromatic heterocycles. The normalized spacial score (nSPS) is 13.2. The summed E-state index contributed by atoms with van der Waals surface area (Å²) in [7, 11) is 1.67. The number of carbonyl (C=O) groups excluding carboxylic acids is 1. The minimum atomic E-state index is -0.129. The van der Waals surface area contributed by atoms with E-state index in [0.29, 0.717) is 13.1 Å². The van der Waals surface area contributed by atoms with Crippen LogP contribution in [0.1, 0.15) is 42.3 Å². The van der Waals surface area contributed by atoms with Crippen LogP contribution in [0.3, 0.4) is 0 Å². The standard InChI is InChI=1S/C23H26N4O2/c1-23(2,3)27-14-16(21(26-27)15-7-5-8-17(11-15)29-4)12-24-20-10-6-9-18-19(20)13-25-22(18)28/h5-11,14,24H,12-13H2,1-4H3,(H,25,28). The first-order valence-corrected chi connectivity index (χ1v) is 9.74. The van der Waals surface area contributed by atoms with Crippen molar-refractivity contribution >= 4 is 11.6 Å². The Morgan fingerprint density at radius 3 is 2.76 bits per heavy atom. The number of hydrogen-bond acceptors (Lipinski definition) is 4. The van der Waals surface area contributed by atoms with Crippen LogP contribution in [0.4, 0.5) is 5.69 Å². The number of carbonyl (C=O) groups is 1. The number of nitrogens with one attached hydrogen (secondary N) is 2. The van der Waals surface area contributed by atoms with Gasteiger partial charge in [-0.1, -0.05) is 18.2 Å². The Labute approximate surface area is 170 Å². The molecule has 6 heteroatoms. The SMILES string of the molecule is COc1cccc(-c2nn(C(C)(C)C)cc2CNc2cccc3c2CNC3=O)c1. The number of rotatable bonds is 5. The van der Waals surface area contributed by atoms with E-state index < -0.39 is 0 Å². The lowest BCUT2D eigenvalue weighted by molar-refractivity contribution is 0.0965. The van der Waals surface area contributed by atoms with Crippen molar-refractivity contribution in [2.45, 2.75) is 39.4 Å². The third-order valence-corrected chi connectivity index (χ3v) is 5.14. The summed E-state index contributed by atoms with van der Waals surface area (Å²) in [4.78, 5) is 11.9. The molecular weight excluding hydrogens is 364 g/mol. The van der Waals surface area contributed by atoms with E-state index in [-0.39, 0.29) is 11.4 Å². The Kier molecular flexibility index (Phi) is 4.78. The first kappa shape index (κ1) is 19.1. The number of amides is 1. The van der Waals surface area contributed by atoms with Crippen LogP contribution in [0.25, 0.3) is 11.3 Å². The van der Waals surface area contributed by atoms with Crippen molar-refractivity contribution in [1.82, 2.24) is 15.1 Å². The molecule has 29 heavy (non-hydrogen) atoms. The van der Waals surface area contributed by atoms with E-state index in [1.807, 2.05) is 47.1 Å². The van der Waals surface area contributed by atoms with Crippen molar-refractivity contribution in [2.75, 3.05) is 12.4 Å². The number of ether oxygens (including phenoxy) is 1. The monoisotopic (exact) mass is 390 g/mol. The lowest BCUT2D eigenvalue weighted by Gasteiger charge is -2.18. The van der Waals surface area contributed by atoms with E-state index in [1.165, 1.54) is 0 Å². The van der Waals surface area contributed by atoms with Gasteiger partial charge in [0.2, 0.25) is 0 Å². The van der Waals surface area contributed by atoms with Crippen LogP contribution in [-0.2, 0) is 18.6 Å². The highest BCUT2D eigenvalue weighted by atomic mass is 16.5. The van der Waals surface area contributed by atoms with E-state index in [9.17, 15) is 4.79 Å². The molecule has 1 amide bonds. The third kappa shape index (κ3) is 3.70. The van der Waals surface area contributed by atoms with Crippen molar-refractivity contribution < 1.29 is 9.53 Å². The Hall–Kier alpha value is -3.28. The first-order chi connectivity index (χ1) is 13.9. The van der Waals surface area contributed by atoms with Crippen molar-refractivity contribution in [3.05, 3.63) is 65.4 Å². The molecule has 0 atom stereocenters. The second kappa shape index (κ2) is 7.28. The number of benzene rings is 2. The largest absolute Gasteiger partial charge is 0.497 e. The zero-order valence-corrected chi connectivity index (χ0v) is 17.2. The zero-order valence-electron chi connectivity index (χ0n) is 17.2. The molecule has 2 heterocycles. The molecule has 1 aliphatic heterocycles. The molecule has 0 bridgehead atoms. The van der Waals surface area contributed by atoms with Gasteiger partial charge in [-0.3, -0.25) is 9.48 Å². The molecular formula is C23H26N4O2. The average Bonchev–Trinajstić information content (AvgIpc) is 3.31. The number of nitrogens with zero attached hydrogens (tertiary/aromatic N) is 2. The van der Waals surface area contributed by atoms with Gasteiger partial charge in [-0.25, -0.2) is 0 Å². The molecule has 6 nitrogen and oxygen atoms in total. The minimum Gasteiger partial charge on any atom is -0.497 e. The van der Waals surface area contributed by atoms with E-state index >= 15 is 0 Å². The quantitative estimate of drug-likeness (QED) is 0.686. The summed E-state index contributed by atoms with van der Waals surface area (Å²) in [6, 6.07) is 13.7. The maximum atomic E-state index is 11.9. The predicted octanol–water partition coefficient (Wildman–Crippen LogP) is 4.17. The van der Waals surface area contributed by atoms with Gasteiger partial charge in [0.15, 0.2) is 0 Å². The zero-order chi connectivity index (χ0) is 20.6. The van der Waals surface area contributed by atoms with E-state index in [0.717, 1.165) is 39.4 Å². The van der Waals surface area contributed by atoms with Crippen LogP contribution >= 0.6 is 0 Å². The summed E-state index contributed by atoms with van der Waals surface area (Å²) in [5.41, 5.74) is 5.63. The number of fused-ring (bicyclic) bond motifs is 1. The Balaban J connectivity index is 1.68. The van der Waals surface area contributed by atoms with Crippen LogP contribution in [-0.4, -0.2) is 22.8 Å². The fourth-order valence-electron chi connectivity index (χ4n) is 3.51. The molecule has 0 saturated heterocycles. The second-order valence-electron chi connectivity index (χ2n) is 8.22. The van der Waals surface area contributed by atoms with Crippen molar-refractivity contribution in [3.8, 4) is 17.0 Å². The van der Waals surface area contributed by atoms with Crippen molar-refractivity contribution in [2.24, 2.45) is 0 Å². The molecule has 0 saturated carbocycles. The molecule has 0 fully saturated rings. The van der Waals surface area contributed by atoms with E-state index in [1.54, 1.807) is 7.11 Å². The molecule has 4 rings (SSSR count). The van der Waals surface area contributed by atoms with Crippen LogP contribution in [0.2, 0.25) is 0 Å². The lowest BCUT2D eigenvalue weighted by Crippen LogP contribution is -2.22. The highest BCUT2D eigenvalue weighted by Crippen LogP contribution is 2.30. The maximum absolute atomic E-state index is 11.9. The van der Waals surface area contributed by atoms with Gasteiger partial charge in [0.25, 0.3) is 5.91 Å². The molecule has 3 aromatic rings. The molecule has 150 valence electrons. The molecule has 0 spiro atoms. The van der Waals surface area contributed by atoms with Crippen LogP contribution in [0, 0.1) is 0 Å². The fourth-order valence-corrected chi connectivity index (χ4v) is 3.51. The molecule has 0 aliphatic carbocycles. The molecule has 0 unspecified atom stereocenters. The van der Waals surface area contributed by atoms with Crippen molar-refractivity contribution in [3.63, 3.8) is 0 Å². The highest BCUT2D eigenvalue weighted by Gasteiger charge is 2.22. The lowest BCUT2D eigenvalue weighted by atomic mass is 10.1. The highest BCUT2D eigenvalue weighted by molar-refractivity contribution is 6.00. The van der Waals surface area contributed by atoms with E-state index in [2.05, 4.69) is 37.6 Å². The number of aromatic nitrogens is 2. The summed E-state index contributed by atoms with van der Waals surface area (Å²) in [6.07, 6.45) is 2.09. The summed E-state index contributed by atoms with van der Waals surface area (Å²) in [5.74, 6) is 0.790. The van der Waals surface area contributed by atoms with Crippen LogP contribution in [0.15, 0.2) is 48.7 Å². The van der Waals surface area contributed by atoms with Crippen LogP contribution < -0.4 is 15.4 Å². The fraction of sp³-hybridized carbons (Fsp3) is 0.304. The number of methoxy groups -OCH3 is 1. The molecule has 0 radical (unpaired) electrons. The Morgan fingerprint density at radius 2 is 2.00 bits per heavy atom. The summed E-state index contributed by atoms with van der Waals surface area (Å²) in [5, 5.41) is 11.3. The van der Waals surface area contributed by atoms with E-state index in [4.69, 9.17) is 9.84 Å². The summed E-state index contributed by atoms with van der Waals surface area (Å²) in [6.45, 7) is 7.56. The summed E-state index contributed by atoms with van der Waals surface area (Å²) < 4.78 is 7.39. The smallest absolute Gasteiger partial charge is 0.251 e. The third-order valence-electron chi connectivity index (χ3n) is 5.14. The summed E-state index contributed by atoms with van der Waals surface area (Å²) >= 11 is 0. The van der Waals surface area contributed by atoms with Gasteiger partial charge in [-0.2, -0.15) is 5.10 Å². The maximum Gasteiger partial charge on any atom is 0.251 e. The molecule has 2 N–H and O–H groups in total. The Bertz CT molecular complexity index is 1060. The van der Waals surface area contributed by atoms with Crippen LogP contribution in [0.5, 0.6) is 5.75 Å². The van der Waals surface area contributed by atoms with Gasteiger partial charge in [0, 0.05) is 47.2 Å². The van der Waals surface area contributed by atoms with Gasteiger partial charge >= 0.3 is 0 Å². The minimum absolute atomic E-state index is 0.0127. The van der Waals surface area contributed by atoms with Gasteiger partial charge in [-0.15, -0.1) is 0 Å². The topological polar surface area (TPSA) is 68.2 Å². The van der Waals surface area contributed by atoms with Crippen molar-refractivity contribution in [1.29, 1.82) is 0 Å². The van der Waals surface area contributed by atoms with Gasteiger partial charge in [-0.05, 0) is 45.0 Å². The van der Waals surface area contributed by atoms with Gasteiger partial charge in [0.05, 0.1) is 18.3 Å². The first-order valence-electron chi connectivity index (χ1n) is 9.74. The number of hydrogen-bond donors (Lipinski definition) is 2. The second-order valence-corrected chi connectivity index (χ2v) is 8.22.